The van der Waals surface area contributed by atoms with Gasteiger partial charge in [0.15, 0.2) is 0 Å². The van der Waals surface area contributed by atoms with Crippen LogP contribution in [0.3, 0.4) is 0 Å². The molecule has 0 aliphatic carbocycles. The summed E-state index contributed by atoms with van der Waals surface area (Å²) < 4.78 is 34.7. The Morgan fingerprint density at radius 3 is 2.50 bits per heavy atom. The van der Waals surface area contributed by atoms with Gasteiger partial charge in [-0.25, -0.2) is 8.42 Å². The van der Waals surface area contributed by atoms with Crippen LogP contribution >= 0.6 is 26.6 Å². The second kappa shape index (κ2) is 7.64. The minimum Gasteiger partial charge on any atom is -0.489 e. The first kappa shape index (κ1) is 17.8. The van der Waals surface area contributed by atoms with Crippen LogP contribution in [0, 0.1) is 12.8 Å². The Labute approximate surface area is 133 Å². The van der Waals surface area contributed by atoms with Crippen LogP contribution in [-0.4, -0.2) is 28.2 Å². The Morgan fingerprint density at radius 2 is 1.95 bits per heavy atom. The molecule has 0 fully saturated rings. The number of halogens is 2. The first-order chi connectivity index (χ1) is 9.21. The molecule has 4 nitrogen and oxygen atoms in total. The van der Waals surface area contributed by atoms with Gasteiger partial charge in [-0.05, 0) is 30.5 Å². The van der Waals surface area contributed by atoms with Gasteiger partial charge in [0.05, 0.1) is 6.61 Å². The minimum absolute atomic E-state index is 0.0325. The Balaban J connectivity index is 2.79. The molecule has 0 aromatic heterocycles. The molecule has 0 bridgehead atoms. The lowest BCUT2D eigenvalue weighted by Gasteiger charge is -2.13. The van der Waals surface area contributed by atoms with Crippen molar-refractivity contribution in [3.8, 4) is 5.75 Å². The topological polar surface area (TPSA) is 52.6 Å². The van der Waals surface area contributed by atoms with Gasteiger partial charge in [-0.2, -0.15) is 0 Å². The Hall–Kier alpha value is -0.300. The van der Waals surface area contributed by atoms with Crippen LogP contribution in [0.1, 0.15) is 19.4 Å². The first-order valence-electron chi connectivity index (χ1n) is 6.17. The van der Waals surface area contributed by atoms with E-state index in [1.807, 2.05) is 0 Å². The van der Waals surface area contributed by atoms with Crippen molar-refractivity contribution in [2.45, 2.75) is 25.7 Å². The highest BCUT2D eigenvalue weighted by molar-refractivity contribution is 9.10. The molecule has 1 aromatic rings. The minimum atomic E-state index is -3.86. The van der Waals surface area contributed by atoms with E-state index in [1.54, 1.807) is 13.0 Å². The van der Waals surface area contributed by atoms with Crippen molar-refractivity contribution >= 4 is 35.7 Å². The maximum absolute atomic E-state index is 11.6. The Morgan fingerprint density at radius 1 is 1.30 bits per heavy atom. The van der Waals surface area contributed by atoms with Gasteiger partial charge in [0.2, 0.25) is 0 Å². The highest BCUT2D eigenvalue weighted by Gasteiger charge is 2.20. The van der Waals surface area contributed by atoms with Crippen molar-refractivity contribution in [2.24, 2.45) is 5.92 Å². The van der Waals surface area contributed by atoms with Crippen molar-refractivity contribution in [3.63, 3.8) is 0 Å². The molecule has 20 heavy (non-hydrogen) atoms. The predicted octanol–water partition coefficient (Wildman–Crippen LogP) is 3.74. The van der Waals surface area contributed by atoms with Crippen molar-refractivity contribution in [1.29, 1.82) is 0 Å². The third-order valence-electron chi connectivity index (χ3n) is 2.39. The molecular weight excluding hydrogens is 368 g/mol. The molecule has 0 aliphatic rings. The lowest BCUT2D eigenvalue weighted by Crippen LogP contribution is -2.12. The SMILES string of the molecule is Cc1cc(Br)cc(S(=O)(=O)Cl)c1OCCOCC(C)C. The molecule has 1 rings (SSSR count). The maximum Gasteiger partial charge on any atom is 0.265 e. The smallest absolute Gasteiger partial charge is 0.265 e. The second-order valence-electron chi connectivity index (χ2n) is 4.81. The molecule has 1 aromatic carbocycles. The zero-order valence-corrected chi connectivity index (χ0v) is 14.8. The standard InChI is InChI=1S/C13H18BrClO4S/c1-9(2)8-18-4-5-19-13-10(3)6-11(14)7-12(13)20(15,16)17/h6-7,9H,4-5,8H2,1-3H3. The highest BCUT2D eigenvalue weighted by Crippen LogP contribution is 2.33. The molecule has 0 saturated heterocycles. The van der Waals surface area contributed by atoms with Gasteiger partial charge in [0.1, 0.15) is 17.3 Å². The third kappa shape index (κ3) is 5.60. The molecular formula is C13H18BrClO4S. The number of hydrogen-bond donors (Lipinski definition) is 0. The van der Waals surface area contributed by atoms with Crippen molar-refractivity contribution in [1.82, 2.24) is 0 Å². The van der Waals surface area contributed by atoms with Crippen LogP contribution in [0.5, 0.6) is 5.75 Å². The van der Waals surface area contributed by atoms with Gasteiger partial charge in [-0.3, -0.25) is 0 Å². The molecule has 0 heterocycles. The summed E-state index contributed by atoms with van der Waals surface area (Å²) in [6.45, 7) is 7.18. The van der Waals surface area contributed by atoms with Gasteiger partial charge in [0, 0.05) is 21.8 Å². The van der Waals surface area contributed by atoms with Gasteiger partial charge in [0.25, 0.3) is 9.05 Å². The first-order valence-corrected chi connectivity index (χ1v) is 9.27. The number of aryl methyl sites for hydroxylation is 1. The van der Waals surface area contributed by atoms with Gasteiger partial charge in [-0.15, -0.1) is 0 Å². The molecule has 0 N–H and O–H groups in total. The van der Waals surface area contributed by atoms with Gasteiger partial charge in [-0.1, -0.05) is 29.8 Å². The molecule has 0 radical (unpaired) electrons. The Bertz CT molecular complexity index is 558. The zero-order chi connectivity index (χ0) is 15.3. The van der Waals surface area contributed by atoms with E-state index in [4.69, 9.17) is 20.2 Å². The monoisotopic (exact) mass is 384 g/mol. The summed E-state index contributed by atoms with van der Waals surface area (Å²) >= 11 is 3.25. The van der Waals surface area contributed by atoms with E-state index in [-0.39, 0.29) is 17.3 Å². The van der Waals surface area contributed by atoms with Crippen LogP contribution in [0.4, 0.5) is 0 Å². The van der Waals surface area contributed by atoms with Crippen LogP contribution in [0.15, 0.2) is 21.5 Å². The zero-order valence-electron chi connectivity index (χ0n) is 11.7. The van der Waals surface area contributed by atoms with E-state index in [0.29, 0.717) is 29.2 Å². The fraction of sp³-hybridized carbons (Fsp3) is 0.538. The molecule has 0 amide bonds. The third-order valence-corrected chi connectivity index (χ3v) is 4.18. The van der Waals surface area contributed by atoms with Crippen molar-refractivity contribution in [2.75, 3.05) is 19.8 Å². The van der Waals surface area contributed by atoms with Crippen LogP contribution in [0.25, 0.3) is 0 Å². The Kier molecular flexibility index (Phi) is 6.78. The van der Waals surface area contributed by atoms with E-state index < -0.39 is 9.05 Å². The molecule has 114 valence electrons. The summed E-state index contributed by atoms with van der Waals surface area (Å²) in [7, 11) is 1.57. The van der Waals surface area contributed by atoms with Crippen LogP contribution < -0.4 is 4.74 Å². The van der Waals surface area contributed by atoms with Crippen LogP contribution in [0.2, 0.25) is 0 Å². The van der Waals surface area contributed by atoms with Gasteiger partial charge >= 0.3 is 0 Å². The average molecular weight is 386 g/mol. The summed E-state index contributed by atoms with van der Waals surface area (Å²) in [5.74, 6) is 0.722. The summed E-state index contributed by atoms with van der Waals surface area (Å²) in [4.78, 5) is -0.0325. The molecule has 0 aliphatic heterocycles. The summed E-state index contributed by atoms with van der Waals surface area (Å²) in [6, 6.07) is 3.20. The molecule has 7 heteroatoms. The second-order valence-corrected chi connectivity index (χ2v) is 8.26. The summed E-state index contributed by atoms with van der Waals surface area (Å²) in [5.41, 5.74) is 0.697. The van der Waals surface area contributed by atoms with E-state index in [2.05, 4.69) is 29.8 Å². The fourth-order valence-electron chi connectivity index (χ4n) is 1.59. The lowest BCUT2D eigenvalue weighted by atomic mass is 10.2. The lowest BCUT2D eigenvalue weighted by molar-refractivity contribution is 0.0809. The van der Waals surface area contributed by atoms with E-state index in [1.165, 1.54) is 6.07 Å². The maximum atomic E-state index is 11.6. The van der Waals surface area contributed by atoms with Crippen LogP contribution in [-0.2, 0) is 13.8 Å². The number of rotatable bonds is 7. The molecule has 0 unspecified atom stereocenters. The fourth-order valence-corrected chi connectivity index (χ4v) is 3.36. The summed E-state index contributed by atoms with van der Waals surface area (Å²) in [6.07, 6.45) is 0. The van der Waals surface area contributed by atoms with Crippen molar-refractivity contribution < 1.29 is 17.9 Å². The van der Waals surface area contributed by atoms with E-state index in [0.717, 1.165) is 0 Å². The number of benzene rings is 1. The number of hydrogen-bond acceptors (Lipinski definition) is 4. The van der Waals surface area contributed by atoms with Gasteiger partial charge < -0.3 is 9.47 Å². The van der Waals surface area contributed by atoms with Crippen molar-refractivity contribution in [3.05, 3.63) is 22.2 Å². The van der Waals surface area contributed by atoms with E-state index in [9.17, 15) is 8.42 Å². The normalized spacial score (nSPS) is 11.9. The molecule has 0 spiro atoms. The highest BCUT2D eigenvalue weighted by atomic mass is 79.9. The number of ether oxygens (including phenoxy) is 2. The quantitative estimate of drug-likeness (QED) is 0.530. The van der Waals surface area contributed by atoms with E-state index >= 15 is 0 Å². The molecule has 0 atom stereocenters. The predicted molar refractivity (Wildman–Crippen MR) is 83.1 cm³/mol. The average Bonchev–Trinajstić information content (AvgIpc) is 2.28. The summed E-state index contributed by atoms with van der Waals surface area (Å²) in [5, 5.41) is 0. The largest absolute Gasteiger partial charge is 0.489 e. The molecule has 0 saturated carbocycles.